The summed E-state index contributed by atoms with van der Waals surface area (Å²) < 4.78 is 7.10. The zero-order chi connectivity index (χ0) is 14.5. The molecule has 3 heterocycles. The first kappa shape index (κ1) is 14.0. The number of ether oxygens (including phenoxy) is 1. The number of hydrogen-bond donors (Lipinski definition) is 1. The molecule has 0 atom stereocenters. The highest BCUT2D eigenvalue weighted by Gasteiger charge is 2.09. The van der Waals surface area contributed by atoms with Crippen LogP contribution in [0.2, 0.25) is 0 Å². The van der Waals surface area contributed by atoms with Gasteiger partial charge in [-0.15, -0.1) is 0 Å². The standard InChI is InChI=1S/C14H20N6O/c1-19-11-12(10-17-19)13-2-3-15-14(18-13)16-4-5-20-6-8-21-9-7-20/h2-3,10-11H,4-9H2,1H3,(H,15,16,18). The first-order valence-corrected chi connectivity index (χ1v) is 7.17. The van der Waals surface area contributed by atoms with Gasteiger partial charge in [0.05, 0.1) is 25.1 Å². The zero-order valence-electron chi connectivity index (χ0n) is 12.2. The van der Waals surface area contributed by atoms with Crippen LogP contribution in [0.1, 0.15) is 0 Å². The monoisotopic (exact) mass is 288 g/mol. The molecule has 1 N–H and O–H groups in total. The van der Waals surface area contributed by atoms with Crippen LogP contribution in [-0.4, -0.2) is 64.0 Å². The zero-order valence-corrected chi connectivity index (χ0v) is 12.2. The Kier molecular flexibility index (Phi) is 4.42. The van der Waals surface area contributed by atoms with Gasteiger partial charge in [0.2, 0.25) is 5.95 Å². The summed E-state index contributed by atoms with van der Waals surface area (Å²) in [4.78, 5) is 11.2. The van der Waals surface area contributed by atoms with Crippen molar-refractivity contribution in [1.29, 1.82) is 0 Å². The van der Waals surface area contributed by atoms with Crippen molar-refractivity contribution in [3.05, 3.63) is 24.7 Å². The van der Waals surface area contributed by atoms with Gasteiger partial charge in [-0.2, -0.15) is 5.10 Å². The molecule has 0 aliphatic carbocycles. The van der Waals surface area contributed by atoms with Crippen LogP contribution >= 0.6 is 0 Å². The lowest BCUT2D eigenvalue weighted by Crippen LogP contribution is -2.39. The van der Waals surface area contributed by atoms with E-state index in [1.165, 1.54) is 0 Å². The number of anilines is 1. The van der Waals surface area contributed by atoms with E-state index in [0.717, 1.165) is 50.7 Å². The number of aryl methyl sites for hydroxylation is 1. The van der Waals surface area contributed by atoms with Crippen LogP contribution in [0.3, 0.4) is 0 Å². The predicted molar refractivity (Wildman–Crippen MR) is 80.0 cm³/mol. The number of hydrogen-bond acceptors (Lipinski definition) is 6. The highest BCUT2D eigenvalue weighted by molar-refractivity contribution is 5.57. The molecule has 0 saturated carbocycles. The van der Waals surface area contributed by atoms with Crippen molar-refractivity contribution >= 4 is 5.95 Å². The van der Waals surface area contributed by atoms with E-state index in [1.807, 2.05) is 19.3 Å². The Morgan fingerprint density at radius 2 is 2.19 bits per heavy atom. The average molecular weight is 288 g/mol. The van der Waals surface area contributed by atoms with Crippen LogP contribution in [-0.2, 0) is 11.8 Å². The van der Waals surface area contributed by atoms with Crippen molar-refractivity contribution in [1.82, 2.24) is 24.6 Å². The minimum absolute atomic E-state index is 0.657. The Bertz CT molecular complexity index is 578. The number of morpholine rings is 1. The molecule has 0 spiro atoms. The minimum atomic E-state index is 0.657. The maximum atomic E-state index is 5.34. The molecule has 0 amide bonds. The van der Waals surface area contributed by atoms with E-state index in [2.05, 4.69) is 25.3 Å². The fraction of sp³-hybridized carbons (Fsp3) is 0.500. The van der Waals surface area contributed by atoms with Crippen LogP contribution in [0.5, 0.6) is 0 Å². The second-order valence-corrected chi connectivity index (χ2v) is 5.05. The quantitative estimate of drug-likeness (QED) is 0.870. The lowest BCUT2D eigenvalue weighted by Gasteiger charge is -2.26. The van der Waals surface area contributed by atoms with Crippen LogP contribution in [0, 0.1) is 0 Å². The molecule has 1 aliphatic rings. The maximum absolute atomic E-state index is 5.34. The van der Waals surface area contributed by atoms with Crippen molar-refractivity contribution < 1.29 is 4.74 Å². The summed E-state index contributed by atoms with van der Waals surface area (Å²) in [5.41, 5.74) is 1.88. The van der Waals surface area contributed by atoms with Crippen LogP contribution < -0.4 is 5.32 Å². The topological polar surface area (TPSA) is 68.1 Å². The molecule has 1 saturated heterocycles. The molecular formula is C14H20N6O. The first-order chi connectivity index (χ1) is 10.3. The fourth-order valence-corrected chi connectivity index (χ4v) is 2.31. The van der Waals surface area contributed by atoms with Crippen molar-refractivity contribution in [3.8, 4) is 11.3 Å². The predicted octanol–water partition coefficient (Wildman–Crippen LogP) is 0.621. The lowest BCUT2D eigenvalue weighted by molar-refractivity contribution is 0.0398. The van der Waals surface area contributed by atoms with Gasteiger partial charge in [0.25, 0.3) is 0 Å². The van der Waals surface area contributed by atoms with Crippen molar-refractivity contribution in [3.63, 3.8) is 0 Å². The highest BCUT2D eigenvalue weighted by atomic mass is 16.5. The summed E-state index contributed by atoms with van der Waals surface area (Å²) in [5.74, 6) is 0.657. The Morgan fingerprint density at radius 3 is 2.95 bits per heavy atom. The summed E-state index contributed by atoms with van der Waals surface area (Å²) in [7, 11) is 1.90. The second-order valence-electron chi connectivity index (χ2n) is 5.05. The van der Waals surface area contributed by atoms with Crippen molar-refractivity contribution in [2.24, 2.45) is 7.05 Å². The third-order valence-electron chi connectivity index (χ3n) is 3.47. The highest BCUT2D eigenvalue weighted by Crippen LogP contribution is 2.16. The van der Waals surface area contributed by atoms with E-state index >= 15 is 0 Å². The molecule has 1 fully saturated rings. The van der Waals surface area contributed by atoms with Gasteiger partial charge >= 0.3 is 0 Å². The largest absolute Gasteiger partial charge is 0.379 e. The molecule has 3 rings (SSSR count). The van der Waals surface area contributed by atoms with E-state index in [4.69, 9.17) is 4.74 Å². The third-order valence-corrected chi connectivity index (χ3v) is 3.47. The van der Waals surface area contributed by atoms with Crippen LogP contribution in [0.25, 0.3) is 11.3 Å². The molecule has 0 radical (unpaired) electrons. The molecule has 1 aliphatic heterocycles. The molecule has 0 unspecified atom stereocenters. The molecule has 7 nitrogen and oxygen atoms in total. The lowest BCUT2D eigenvalue weighted by atomic mass is 10.2. The second kappa shape index (κ2) is 6.64. The van der Waals surface area contributed by atoms with E-state index in [0.29, 0.717) is 5.95 Å². The average Bonchev–Trinajstić information content (AvgIpc) is 2.95. The molecule has 21 heavy (non-hydrogen) atoms. The van der Waals surface area contributed by atoms with Gasteiger partial charge in [0, 0.05) is 51.2 Å². The Morgan fingerprint density at radius 1 is 1.33 bits per heavy atom. The Hall–Kier alpha value is -1.99. The molecule has 0 bridgehead atoms. The Labute approximate surface area is 124 Å². The molecule has 112 valence electrons. The Balaban J connectivity index is 1.56. The summed E-state index contributed by atoms with van der Waals surface area (Å²) in [5, 5.41) is 7.44. The number of nitrogens with one attached hydrogen (secondary N) is 1. The van der Waals surface area contributed by atoms with Gasteiger partial charge in [-0.3, -0.25) is 9.58 Å². The summed E-state index contributed by atoms with van der Waals surface area (Å²) >= 11 is 0. The van der Waals surface area contributed by atoms with E-state index in [-0.39, 0.29) is 0 Å². The molecule has 7 heteroatoms. The van der Waals surface area contributed by atoms with E-state index < -0.39 is 0 Å². The SMILES string of the molecule is Cn1cc(-c2ccnc(NCCN3CCOCC3)n2)cn1. The summed E-state index contributed by atoms with van der Waals surface area (Å²) in [6.07, 6.45) is 5.52. The van der Waals surface area contributed by atoms with Gasteiger partial charge in [-0.05, 0) is 6.07 Å². The van der Waals surface area contributed by atoms with Crippen LogP contribution in [0.15, 0.2) is 24.7 Å². The van der Waals surface area contributed by atoms with Gasteiger partial charge in [-0.1, -0.05) is 0 Å². The molecular weight excluding hydrogens is 268 g/mol. The fourth-order valence-electron chi connectivity index (χ4n) is 2.31. The summed E-state index contributed by atoms with van der Waals surface area (Å²) in [6.45, 7) is 5.46. The molecule has 2 aromatic heterocycles. The van der Waals surface area contributed by atoms with E-state index in [1.54, 1.807) is 17.1 Å². The number of aromatic nitrogens is 4. The summed E-state index contributed by atoms with van der Waals surface area (Å²) in [6, 6.07) is 1.89. The number of nitrogens with zero attached hydrogens (tertiary/aromatic N) is 5. The minimum Gasteiger partial charge on any atom is -0.379 e. The van der Waals surface area contributed by atoms with Crippen LogP contribution in [0.4, 0.5) is 5.95 Å². The van der Waals surface area contributed by atoms with Gasteiger partial charge < -0.3 is 10.1 Å². The third kappa shape index (κ3) is 3.77. The van der Waals surface area contributed by atoms with Gasteiger partial charge in [-0.25, -0.2) is 9.97 Å². The van der Waals surface area contributed by atoms with Crippen molar-refractivity contribution in [2.45, 2.75) is 0 Å². The maximum Gasteiger partial charge on any atom is 0.223 e. The van der Waals surface area contributed by atoms with Gasteiger partial charge in [0.15, 0.2) is 0 Å². The molecule has 0 aromatic carbocycles. The van der Waals surface area contributed by atoms with Gasteiger partial charge in [0.1, 0.15) is 0 Å². The smallest absolute Gasteiger partial charge is 0.223 e. The first-order valence-electron chi connectivity index (χ1n) is 7.17. The normalized spacial score (nSPS) is 16.0. The molecule has 2 aromatic rings. The van der Waals surface area contributed by atoms with E-state index in [9.17, 15) is 0 Å². The number of rotatable bonds is 5. The van der Waals surface area contributed by atoms with Crippen molar-refractivity contribution in [2.75, 3.05) is 44.7 Å².